The molecule has 1 saturated carbocycles. The van der Waals surface area contributed by atoms with Gasteiger partial charge < -0.3 is 20.5 Å². The first-order valence-corrected chi connectivity index (χ1v) is 11.1. The van der Waals surface area contributed by atoms with Crippen LogP contribution in [0.3, 0.4) is 0 Å². The normalized spacial score (nSPS) is 15.0. The zero-order valence-electron chi connectivity index (χ0n) is 18.1. The molecule has 0 atom stereocenters. The van der Waals surface area contributed by atoms with Crippen molar-refractivity contribution in [2.75, 3.05) is 37.8 Å². The van der Waals surface area contributed by atoms with Crippen molar-refractivity contribution in [1.29, 1.82) is 0 Å². The lowest BCUT2D eigenvalue weighted by molar-refractivity contribution is 0.319. The van der Waals surface area contributed by atoms with Crippen LogP contribution in [0.25, 0.3) is 11.0 Å². The van der Waals surface area contributed by atoms with Crippen LogP contribution in [0.4, 0.5) is 17.1 Å². The molecule has 160 valence electrons. The fourth-order valence-corrected chi connectivity index (χ4v) is 4.35. The molecule has 3 aromatic rings. The summed E-state index contributed by atoms with van der Waals surface area (Å²) < 4.78 is 1.94. The van der Waals surface area contributed by atoms with E-state index in [9.17, 15) is 4.79 Å². The molecule has 2 aromatic carbocycles. The standard InChI is InChI=1S/C24H33N5O/c1-28(2)14-13-25-20-16-23-22(15-21(20)26-19-11-7-4-8-12-19)27-24(30)29(23)17-18-9-5-3-6-10-18/h4,7-8,11-12,15-16,18,25-26H,3,5-6,9-10,13-14,17H2,1-2H3,(H,27,30). The van der Waals surface area contributed by atoms with E-state index in [1.54, 1.807) is 0 Å². The minimum Gasteiger partial charge on any atom is -0.382 e. The van der Waals surface area contributed by atoms with Crippen LogP contribution in [-0.2, 0) is 6.54 Å². The highest BCUT2D eigenvalue weighted by molar-refractivity contribution is 5.89. The maximum absolute atomic E-state index is 12.8. The number of likely N-dealkylation sites (N-methyl/N-ethyl adjacent to an activating group) is 1. The maximum atomic E-state index is 12.8. The van der Waals surface area contributed by atoms with E-state index < -0.39 is 0 Å². The van der Waals surface area contributed by atoms with Crippen molar-refractivity contribution in [3.8, 4) is 0 Å². The van der Waals surface area contributed by atoms with E-state index in [2.05, 4.69) is 46.7 Å². The van der Waals surface area contributed by atoms with Crippen LogP contribution in [-0.4, -0.2) is 41.6 Å². The molecule has 0 unspecified atom stereocenters. The van der Waals surface area contributed by atoms with Crippen molar-refractivity contribution in [2.24, 2.45) is 5.92 Å². The molecule has 0 bridgehead atoms. The highest BCUT2D eigenvalue weighted by atomic mass is 16.1. The second-order valence-corrected chi connectivity index (χ2v) is 8.68. The minimum absolute atomic E-state index is 0.00771. The van der Waals surface area contributed by atoms with Crippen molar-refractivity contribution >= 4 is 28.1 Å². The third-order valence-electron chi connectivity index (χ3n) is 6.01. The molecule has 0 spiro atoms. The summed E-state index contributed by atoms with van der Waals surface area (Å²) >= 11 is 0. The van der Waals surface area contributed by atoms with Crippen LogP contribution in [0.5, 0.6) is 0 Å². The molecular weight excluding hydrogens is 374 g/mol. The Hall–Kier alpha value is -2.73. The number of nitrogens with one attached hydrogen (secondary N) is 3. The van der Waals surface area contributed by atoms with Gasteiger partial charge in [-0.15, -0.1) is 0 Å². The Labute approximate surface area is 178 Å². The molecular formula is C24H33N5O. The van der Waals surface area contributed by atoms with Gasteiger partial charge in [-0.3, -0.25) is 4.57 Å². The second-order valence-electron chi connectivity index (χ2n) is 8.68. The van der Waals surface area contributed by atoms with E-state index in [0.29, 0.717) is 5.92 Å². The van der Waals surface area contributed by atoms with E-state index in [1.165, 1.54) is 32.1 Å². The van der Waals surface area contributed by atoms with E-state index in [-0.39, 0.29) is 5.69 Å². The molecule has 6 heteroatoms. The number of nitrogens with zero attached hydrogens (tertiary/aromatic N) is 2. The van der Waals surface area contributed by atoms with Gasteiger partial charge in [0.05, 0.1) is 22.4 Å². The number of anilines is 3. The molecule has 0 saturated heterocycles. The zero-order chi connectivity index (χ0) is 20.9. The zero-order valence-corrected chi connectivity index (χ0v) is 18.1. The summed E-state index contributed by atoms with van der Waals surface area (Å²) in [6.45, 7) is 2.57. The highest BCUT2D eigenvalue weighted by Gasteiger charge is 2.18. The molecule has 0 amide bonds. The monoisotopic (exact) mass is 407 g/mol. The van der Waals surface area contributed by atoms with Crippen LogP contribution in [0.2, 0.25) is 0 Å². The SMILES string of the molecule is CN(C)CCNc1cc2c(cc1Nc1ccccc1)[nH]c(=O)n2CC1CCCCC1. The third kappa shape index (κ3) is 4.87. The predicted octanol–water partition coefficient (Wildman–Crippen LogP) is 4.63. The number of hydrogen-bond acceptors (Lipinski definition) is 4. The molecule has 1 aliphatic rings. The largest absolute Gasteiger partial charge is 0.382 e. The average molecular weight is 408 g/mol. The average Bonchev–Trinajstić information content (AvgIpc) is 3.03. The quantitative estimate of drug-likeness (QED) is 0.509. The first-order chi connectivity index (χ1) is 14.6. The van der Waals surface area contributed by atoms with Crippen LogP contribution < -0.4 is 16.3 Å². The molecule has 6 nitrogen and oxygen atoms in total. The summed E-state index contributed by atoms with van der Waals surface area (Å²) in [5.41, 5.74) is 4.87. The van der Waals surface area contributed by atoms with Crippen molar-refractivity contribution in [2.45, 2.75) is 38.6 Å². The molecule has 1 heterocycles. The van der Waals surface area contributed by atoms with Gasteiger partial charge in [0, 0.05) is 25.3 Å². The number of aromatic amines is 1. The number of H-pyrrole nitrogens is 1. The number of fused-ring (bicyclic) bond motifs is 1. The van der Waals surface area contributed by atoms with Crippen LogP contribution in [0, 0.1) is 5.92 Å². The summed E-state index contributed by atoms with van der Waals surface area (Å²) in [4.78, 5) is 18.0. The number of aromatic nitrogens is 2. The fraction of sp³-hybridized carbons (Fsp3) is 0.458. The Balaban J connectivity index is 1.67. The predicted molar refractivity (Wildman–Crippen MR) is 126 cm³/mol. The summed E-state index contributed by atoms with van der Waals surface area (Å²) in [5, 5.41) is 7.07. The number of imidazole rings is 1. The number of para-hydroxylation sites is 1. The highest BCUT2D eigenvalue weighted by Crippen LogP contribution is 2.31. The van der Waals surface area contributed by atoms with Crippen LogP contribution in [0.15, 0.2) is 47.3 Å². The summed E-state index contributed by atoms with van der Waals surface area (Å²) in [6.07, 6.45) is 6.34. The van der Waals surface area contributed by atoms with E-state index in [1.807, 2.05) is 34.9 Å². The van der Waals surface area contributed by atoms with Crippen molar-refractivity contribution in [3.63, 3.8) is 0 Å². The van der Waals surface area contributed by atoms with E-state index in [0.717, 1.165) is 47.7 Å². The first kappa shape index (κ1) is 20.5. The summed E-state index contributed by atoms with van der Waals surface area (Å²) in [7, 11) is 4.14. The Morgan fingerprint density at radius 3 is 2.57 bits per heavy atom. The minimum atomic E-state index is -0.00771. The Morgan fingerprint density at radius 1 is 1.07 bits per heavy atom. The van der Waals surface area contributed by atoms with Gasteiger partial charge in [0.1, 0.15) is 0 Å². The van der Waals surface area contributed by atoms with Gasteiger partial charge in [0.15, 0.2) is 0 Å². The second kappa shape index (κ2) is 9.39. The fourth-order valence-electron chi connectivity index (χ4n) is 4.35. The van der Waals surface area contributed by atoms with Crippen LogP contribution >= 0.6 is 0 Å². The van der Waals surface area contributed by atoms with Crippen LogP contribution in [0.1, 0.15) is 32.1 Å². The first-order valence-electron chi connectivity index (χ1n) is 11.1. The van der Waals surface area contributed by atoms with Gasteiger partial charge in [-0.1, -0.05) is 37.5 Å². The van der Waals surface area contributed by atoms with Crippen molar-refractivity contribution in [3.05, 3.63) is 52.9 Å². The van der Waals surface area contributed by atoms with E-state index >= 15 is 0 Å². The molecule has 1 aliphatic carbocycles. The van der Waals surface area contributed by atoms with E-state index in [4.69, 9.17) is 0 Å². The maximum Gasteiger partial charge on any atom is 0.326 e. The Bertz CT molecular complexity index is 1020. The molecule has 30 heavy (non-hydrogen) atoms. The Kier molecular flexibility index (Phi) is 6.43. The van der Waals surface area contributed by atoms with Gasteiger partial charge in [0.2, 0.25) is 0 Å². The molecule has 0 radical (unpaired) electrons. The molecule has 4 rings (SSSR count). The molecule has 1 fully saturated rings. The van der Waals surface area contributed by atoms with Gasteiger partial charge in [-0.25, -0.2) is 4.79 Å². The van der Waals surface area contributed by atoms with Crippen molar-refractivity contribution < 1.29 is 0 Å². The van der Waals surface area contributed by atoms with Gasteiger partial charge in [0.25, 0.3) is 0 Å². The number of rotatable bonds is 8. The third-order valence-corrected chi connectivity index (χ3v) is 6.01. The van der Waals surface area contributed by atoms with Gasteiger partial charge >= 0.3 is 5.69 Å². The Morgan fingerprint density at radius 2 is 1.83 bits per heavy atom. The topological polar surface area (TPSA) is 65.1 Å². The molecule has 1 aromatic heterocycles. The van der Waals surface area contributed by atoms with Crippen molar-refractivity contribution in [1.82, 2.24) is 14.5 Å². The van der Waals surface area contributed by atoms with Gasteiger partial charge in [-0.05, 0) is 57.1 Å². The van der Waals surface area contributed by atoms with Gasteiger partial charge in [-0.2, -0.15) is 0 Å². The number of hydrogen-bond donors (Lipinski definition) is 3. The number of benzene rings is 2. The smallest absolute Gasteiger partial charge is 0.326 e. The lowest BCUT2D eigenvalue weighted by Gasteiger charge is -2.22. The lowest BCUT2D eigenvalue weighted by Crippen LogP contribution is -2.23. The lowest BCUT2D eigenvalue weighted by atomic mass is 9.89. The molecule has 0 aliphatic heterocycles. The summed E-state index contributed by atoms with van der Waals surface area (Å²) in [6, 6.07) is 14.3. The summed E-state index contributed by atoms with van der Waals surface area (Å²) in [5.74, 6) is 0.600. The molecule has 3 N–H and O–H groups in total.